The summed E-state index contributed by atoms with van der Waals surface area (Å²) in [6.45, 7) is 0. The Morgan fingerprint density at radius 2 is 1.19 bits per heavy atom. The molecule has 0 radical (unpaired) electrons. The molecule has 0 atom stereocenters. The maximum absolute atomic E-state index is 5.63. The van der Waals surface area contributed by atoms with Crippen LogP contribution in [0.25, 0.3) is 0 Å². The van der Waals surface area contributed by atoms with Gasteiger partial charge in [-0.15, -0.1) is 0 Å². The average Bonchev–Trinajstić information content (AvgIpc) is 2.48. The van der Waals surface area contributed by atoms with Crippen LogP contribution in [-0.2, 0) is 24.1 Å². The van der Waals surface area contributed by atoms with Gasteiger partial charge in [0.25, 0.3) is 0 Å². The van der Waals surface area contributed by atoms with Crippen LogP contribution in [0.3, 0.4) is 0 Å². The summed E-state index contributed by atoms with van der Waals surface area (Å²) in [4.78, 5) is 0. The molecule has 0 saturated heterocycles. The van der Waals surface area contributed by atoms with E-state index in [0.29, 0.717) is 0 Å². The summed E-state index contributed by atoms with van der Waals surface area (Å²) < 4.78 is 11.3. The van der Waals surface area contributed by atoms with E-state index in [-0.39, 0.29) is 24.8 Å². The molecule has 0 aliphatic heterocycles. The Balaban J connectivity index is 0.00000200. The third-order valence-corrected chi connectivity index (χ3v) is 3.89. The van der Waals surface area contributed by atoms with E-state index in [1.54, 1.807) is 0 Å². The van der Waals surface area contributed by atoms with Crippen molar-refractivity contribution in [2.24, 2.45) is 0 Å². The maximum atomic E-state index is 5.63. The first kappa shape index (κ1) is 19.6. The molecule has 0 spiro atoms. The fourth-order valence-corrected chi connectivity index (χ4v) is 2.62. The van der Waals surface area contributed by atoms with Gasteiger partial charge in [0, 0.05) is 0 Å². The second kappa shape index (κ2) is 10.4. The molecule has 2 aromatic rings. The predicted molar refractivity (Wildman–Crippen MR) is 70.0 cm³/mol. The monoisotopic (exact) mass is 394 g/mol. The van der Waals surface area contributed by atoms with E-state index in [1.165, 1.54) is 0 Å². The molecular formula is C16H10Cl2O2Zr. The van der Waals surface area contributed by atoms with Crippen LogP contribution in [0.15, 0.2) is 48.5 Å². The van der Waals surface area contributed by atoms with Gasteiger partial charge < -0.3 is 24.8 Å². The molecule has 0 bridgehead atoms. The molecule has 0 aliphatic carbocycles. The van der Waals surface area contributed by atoms with Gasteiger partial charge in [-0.25, -0.2) is 0 Å². The second-order valence-corrected chi connectivity index (χ2v) is 5.04. The molecule has 5 heteroatoms. The van der Waals surface area contributed by atoms with Gasteiger partial charge in [-0.05, 0) is 0 Å². The van der Waals surface area contributed by atoms with Crippen LogP contribution in [0.4, 0.5) is 0 Å². The van der Waals surface area contributed by atoms with Gasteiger partial charge in [0.2, 0.25) is 0 Å². The Kier molecular flexibility index (Phi) is 9.68. The number of rotatable bonds is 4. The van der Waals surface area contributed by atoms with Crippen molar-refractivity contribution in [3.63, 3.8) is 0 Å². The van der Waals surface area contributed by atoms with Crippen molar-refractivity contribution in [1.29, 1.82) is 0 Å². The maximum Gasteiger partial charge on any atom is -1.00 e. The minimum atomic E-state index is -1.45. The Labute approximate surface area is 149 Å². The van der Waals surface area contributed by atoms with Gasteiger partial charge in [-0.2, -0.15) is 0 Å². The molecule has 2 aromatic carbocycles. The minimum Gasteiger partial charge on any atom is -1.00 e. The second-order valence-electron chi connectivity index (χ2n) is 3.63. The number of benzene rings is 2. The molecule has 21 heavy (non-hydrogen) atoms. The quantitative estimate of drug-likeness (QED) is 0.514. The van der Waals surface area contributed by atoms with E-state index >= 15 is 0 Å². The molecule has 0 fully saturated rings. The zero-order valence-corrected chi connectivity index (χ0v) is 14.8. The van der Waals surface area contributed by atoms with Gasteiger partial charge in [0.1, 0.15) is 0 Å². The van der Waals surface area contributed by atoms with Crippen LogP contribution in [0.1, 0.15) is 11.1 Å². The van der Waals surface area contributed by atoms with E-state index < -0.39 is 24.1 Å². The summed E-state index contributed by atoms with van der Waals surface area (Å²) in [5.41, 5.74) is 1.59. The summed E-state index contributed by atoms with van der Waals surface area (Å²) in [6, 6.07) is 14.8. The van der Waals surface area contributed by atoms with Crippen LogP contribution >= 0.6 is 0 Å². The summed E-state index contributed by atoms with van der Waals surface area (Å²) in [6.07, 6.45) is 10.7. The van der Waals surface area contributed by atoms with Gasteiger partial charge in [-0.3, -0.25) is 0 Å². The fraction of sp³-hybridized carbons (Fsp3) is 0. The summed E-state index contributed by atoms with van der Waals surface area (Å²) in [7, 11) is 0. The molecule has 0 aromatic heterocycles. The number of terminal acetylenes is 2. The molecule has 0 heterocycles. The number of hydrogen-bond acceptors (Lipinski definition) is 2. The van der Waals surface area contributed by atoms with Gasteiger partial charge in [0.05, 0.1) is 0 Å². The van der Waals surface area contributed by atoms with Gasteiger partial charge in [-0.1, -0.05) is 0 Å². The number of hydrogen-bond donors (Lipinski definition) is 0. The van der Waals surface area contributed by atoms with Crippen molar-refractivity contribution < 1.29 is 54.6 Å². The normalized spacial score (nSPS) is 7.90. The molecule has 2 rings (SSSR count). The van der Waals surface area contributed by atoms with Crippen molar-refractivity contribution in [2.75, 3.05) is 0 Å². The molecule has 104 valence electrons. The SMILES string of the molecule is C#Cc1cccc([O][Zr+2][O]c2cccc(C#C)c2)c1.[Cl-].[Cl-]. The Hall–Kier alpha value is -1.38. The molecule has 2 nitrogen and oxygen atoms in total. The van der Waals surface area contributed by atoms with E-state index in [2.05, 4.69) is 11.8 Å². The first-order valence-corrected chi connectivity index (χ1v) is 7.54. The van der Waals surface area contributed by atoms with Crippen molar-refractivity contribution in [3.8, 4) is 36.2 Å². The van der Waals surface area contributed by atoms with E-state index in [0.717, 1.165) is 22.6 Å². The van der Waals surface area contributed by atoms with Crippen molar-refractivity contribution in [1.82, 2.24) is 0 Å². The topological polar surface area (TPSA) is 18.5 Å². The van der Waals surface area contributed by atoms with E-state index in [4.69, 9.17) is 18.5 Å². The Morgan fingerprint density at radius 1 is 0.762 bits per heavy atom. The minimum absolute atomic E-state index is 0. The Bertz CT molecular complexity index is 602. The molecule has 0 unspecified atom stereocenters. The first-order chi connectivity index (χ1) is 9.31. The van der Waals surface area contributed by atoms with E-state index in [9.17, 15) is 0 Å². The zero-order chi connectivity index (χ0) is 13.5. The van der Waals surface area contributed by atoms with E-state index in [1.807, 2.05) is 48.5 Å². The van der Waals surface area contributed by atoms with Crippen LogP contribution in [-0.4, -0.2) is 0 Å². The average molecular weight is 396 g/mol. The summed E-state index contributed by atoms with van der Waals surface area (Å²) in [5, 5.41) is 0. The third-order valence-electron chi connectivity index (χ3n) is 2.32. The molecule has 0 amide bonds. The third kappa shape index (κ3) is 6.28. The van der Waals surface area contributed by atoms with Crippen molar-refractivity contribution in [2.45, 2.75) is 0 Å². The molecule has 0 saturated carbocycles. The first-order valence-electron chi connectivity index (χ1n) is 5.54. The molecule has 0 aliphatic rings. The smallest absolute Gasteiger partial charge is 1.00 e. The summed E-state index contributed by atoms with van der Waals surface area (Å²) >= 11 is -1.45. The van der Waals surface area contributed by atoms with Gasteiger partial charge >= 0.3 is 126 Å². The predicted octanol–water partition coefficient (Wildman–Crippen LogP) is -2.97. The van der Waals surface area contributed by atoms with Crippen LogP contribution in [0, 0.1) is 24.7 Å². The van der Waals surface area contributed by atoms with Crippen molar-refractivity contribution >= 4 is 0 Å². The fourth-order valence-electron chi connectivity index (χ4n) is 1.42. The van der Waals surface area contributed by atoms with Crippen molar-refractivity contribution in [3.05, 3.63) is 59.7 Å². The van der Waals surface area contributed by atoms with Gasteiger partial charge in [0.15, 0.2) is 0 Å². The summed E-state index contributed by atoms with van der Waals surface area (Å²) in [5.74, 6) is 6.62. The molecule has 0 N–H and O–H groups in total. The van der Waals surface area contributed by atoms with Crippen LogP contribution in [0.5, 0.6) is 11.5 Å². The molecular weight excluding hydrogens is 386 g/mol. The number of halogens is 2. The van der Waals surface area contributed by atoms with Crippen LogP contribution < -0.4 is 30.4 Å². The standard InChI is InChI=1S/2C8H6O.2ClH.Zr/c2*1-2-7-4-3-5-8(9)6-7;;;/h2*1,3-6,9H;2*1H;/q;;;;+4/p-4. The van der Waals surface area contributed by atoms with Crippen LogP contribution in [0.2, 0.25) is 0 Å². The largest absolute Gasteiger partial charge is 1.00 e. The Morgan fingerprint density at radius 3 is 1.57 bits per heavy atom. The zero-order valence-electron chi connectivity index (χ0n) is 10.8.